The fourth-order valence-electron chi connectivity index (χ4n) is 3.72. The zero-order valence-corrected chi connectivity index (χ0v) is 21.0. The fraction of sp³-hybridized carbons (Fsp3) is 0.333. The summed E-state index contributed by atoms with van der Waals surface area (Å²) in [4.78, 5) is 34.3. The molecule has 1 aromatic carbocycles. The second-order valence-corrected chi connectivity index (χ2v) is 9.16. The van der Waals surface area contributed by atoms with E-state index in [0.29, 0.717) is 28.0 Å². The molecule has 2 aromatic heterocycles. The highest BCUT2D eigenvalue weighted by Gasteiger charge is 2.35. The fourth-order valence-corrected chi connectivity index (χ4v) is 4.04. The van der Waals surface area contributed by atoms with E-state index in [9.17, 15) is 9.59 Å². The Bertz CT molecular complexity index is 1290. The topological polar surface area (TPSA) is 107 Å². The number of aromatic nitrogens is 3. The van der Waals surface area contributed by atoms with Crippen LogP contribution in [0.3, 0.4) is 0 Å². The number of aryl methyl sites for hydroxylation is 2. The van der Waals surface area contributed by atoms with Gasteiger partial charge < -0.3 is 19.4 Å². The molecule has 3 aromatic rings. The third-order valence-electron chi connectivity index (χ3n) is 5.70. The molecule has 0 radical (unpaired) electrons. The molecular weight excluding hydrogens is 493 g/mol. The molecule has 1 aliphatic rings. The molecule has 35 heavy (non-hydrogen) atoms. The number of hydrogen-bond acceptors (Lipinski definition) is 7. The van der Waals surface area contributed by atoms with Crippen molar-refractivity contribution < 1.29 is 14.3 Å². The van der Waals surface area contributed by atoms with Gasteiger partial charge >= 0.3 is 6.09 Å². The predicted octanol–water partition coefficient (Wildman–Crippen LogP) is 5.51. The Balaban J connectivity index is 1.54. The van der Waals surface area contributed by atoms with E-state index in [4.69, 9.17) is 32.7 Å². The normalized spacial score (nSPS) is 13.7. The minimum Gasteiger partial charge on any atom is -0.481 e. The number of rotatable bonds is 8. The van der Waals surface area contributed by atoms with Crippen molar-refractivity contribution in [1.29, 1.82) is 0 Å². The lowest BCUT2D eigenvalue weighted by Crippen LogP contribution is -2.32. The molecule has 1 saturated carbocycles. The molecule has 1 atom stereocenters. The van der Waals surface area contributed by atoms with E-state index in [1.807, 2.05) is 13.0 Å². The van der Waals surface area contributed by atoms with E-state index in [0.717, 1.165) is 18.4 Å². The maximum atomic E-state index is 13.4. The molecule has 0 unspecified atom stereocenters. The van der Waals surface area contributed by atoms with E-state index in [1.165, 1.54) is 10.8 Å². The Morgan fingerprint density at radius 2 is 1.91 bits per heavy atom. The lowest BCUT2D eigenvalue weighted by molar-refractivity contribution is 0.135. The van der Waals surface area contributed by atoms with Crippen LogP contribution in [0.1, 0.15) is 30.1 Å². The van der Waals surface area contributed by atoms with Crippen LogP contribution >= 0.6 is 23.2 Å². The lowest BCUT2D eigenvalue weighted by Gasteiger charge is -2.21. The summed E-state index contributed by atoms with van der Waals surface area (Å²) in [5.41, 5.74) is 2.24. The molecule has 9 nitrogen and oxygen atoms in total. The van der Waals surface area contributed by atoms with Gasteiger partial charge in [0, 0.05) is 22.5 Å². The smallest absolute Gasteiger partial charge is 0.411 e. The molecule has 0 aliphatic heterocycles. The minimum atomic E-state index is -0.625. The highest BCUT2D eigenvalue weighted by molar-refractivity contribution is 6.30. The summed E-state index contributed by atoms with van der Waals surface area (Å²) in [6.45, 7) is 3.66. The van der Waals surface area contributed by atoms with Crippen molar-refractivity contribution >= 4 is 46.5 Å². The zero-order chi connectivity index (χ0) is 25.1. The highest BCUT2D eigenvalue weighted by atomic mass is 35.5. The molecule has 11 heteroatoms. The number of halogens is 2. The first kappa shape index (κ1) is 24.8. The van der Waals surface area contributed by atoms with Crippen molar-refractivity contribution in [2.75, 3.05) is 24.4 Å². The van der Waals surface area contributed by atoms with Crippen LogP contribution in [0, 0.1) is 19.8 Å². The molecule has 0 spiro atoms. The number of ether oxygens (including phenoxy) is 2. The number of methoxy groups -OCH3 is 1. The molecule has 1 amide bonds. The first-order valence-corrected chi connectivity index (χ1v) is 11.8. The third kappa shape index (κ3) is 6.04. The second-order valence-electron chi connectivity index (χ2n) is 8.33. The summed E-state index contributed by atoms with van der Waals surface area (Å²) in [6, 6.07) is 8.12. The van der Waals surface area contributed by atoms with Crippen LogP contribution in [-0.2, 0) is 4.74 Å². The van der Waals surface area contributed by atoms with Crippen molar-refractivity contribution in [1.82, 2.24) is 14.5 Å². The van der Waals surface area contributed by atoms with Crippen LogP contribution in [0.25, 0.3) is 0 Å². The predicted molar refractivity (Wildman–Crippen MR) is 135 cm³/mol. The number of carbonyl (C=O) groups excluding carboxylic acids is 1. The van der Waals surface area contributed by atoms with Gasteiger partial charge in [-0.3, -0.25) is 10.1 Å². The van der Waals surface area contributed by atoms with Gasteiger partial charge in [0.1, 0.15) is 11.8 Å². The number of nitrogens with one attached hydrogen (secondary N) is 2. The number of carbonyl (C=O) groups is 1. The van der Waals surface area contributed by atoms with Crippen molar-refractivity contribution in [2.45, 2.75) is 32.7 Å². The maximum Gasteiger partial charge on any atom is 0.411 e. The van der Waals surface area contributed by atoms with Gasteiger partial charge in [-0.1, -0.05) is 23.2 Å². The van der Waals surface area contributed by atoms with Crippen LogP contribution in [0.15, 0.2) is 41.3 Å². The number of pyridine rings is 1. The van der Waals surface area contributed by atoms with Gasteiger partial charge in [-0.25, -0.2) is 14.8 Å². The van der Waals surface area contributed by atoms with Crippen LogP contribution in [0.5, 0.6) is 5.88 Å². The maximum absolute atomic E-state index is 13.4. The first-order valence-electron chi connectivity index (χ1n) is 11.0. The van der Waals surface area contributed by atoms with Gasteiger partial charge in [-0.15, -0.1) is 0 Å². The van der Waals surface area contributed by atoms with Gasteiger partial charge in [0.25, 0.3) is 5.56 Å². The Morgan fingerprint density at radius 1 is 1.20 bits per heavy atom. The van der Waals surface area contributed by atoms with E-state index in [-0.39, 0.29) is 35.1 Å². The van der Waals surface area contributed by atoms with E-state index >= 15 is 0 Å². The Kier molecular flexibility index (Phi) is 7.47. The van der Waals surface area contributed by atoms with Gasteiger partial charge in [0.2, 0.25) is 5.88 Å². The van der Waals surface area contributed by atoms with Gasteiger partial charge in [-0.05, 0) is 62.9 Å². The first-order chi connectivity index (χ1) is 16.7. The average Bonchev–Trinajstić information content (AvgIpc) is 3.65. The largest absolute Gasteiger partial charge is 0.481 e. The van der Waals surface area contributed by atoms with E-state index in [2.05, 4.69) is 20.6 Å². The molecule has 2 N–H and O–H groups in total. The van der Waals surface area contributed by atoms with Crippen molar-refractivity contribution in [3.05, 3.63) is 68.3 Å². The zero-order valence-electron chi connectivity index (χ0n) is 19.5. The molecule has 1 fully saturated rings. The third-order valence-corrected chi connectivity index (χ3v) is 6.14. The average molecular weight is 518 g/mol. The van der Waals surface area contributed by atoms with Crippen LogP contribution in [0.2, 0.25) is 10.2 Å². The van der Waals surface area contributed by atoms with Gasteiger partial charge in [0.15, 0.2) is 5.82 Å². The number of nitrogens with zero attached hydrogens (tertiary/aromatic N) is 3. The van der Waals surface area contributed by atoms with Crippen LogP contribution < -0.4 is 20.9 Å². The van der Waals surface area contributed by atoms with Crippen LogP contribution in [-0.4, -0.2) is 34.3 Å². The molecule has 0 bridgehead atoms. The summed E-state index contributed by atoms with van der Waals surface area (Å²) >= 11 is 12.2. The summed E-state index contributed by atoms with van der Waals surface area (Å²) in [5.74, 6) is 0.754. The lowest BCUT2D eigenvalue weighted by atomic mass is 10.2. The van der Waals surface area contributed by atoms with Crippen molar-refractivity contribution in [3.8, 4) is 5.88 Å². The number of hydrogen-bond donors (Lipinski definition) is 2. The molecule has 2 heterocycles. The van der Waals surface area contributed by atoms with Crippen molar-refractivity contribution in [3.63, 3.8) is 0 Å². The summed E-state index contributed by atoms with van der Waals surface area (Å²) < 4.78 is 12.2. The van der Waals surface area contributed by atoms with E-state index in [1.54, 1.807) is 38.3 Å². The second kappa shape index (κ2) is 10.5. The summed E-state index contributed by atoms with van der Waals surface area (Å²) in [7, 11) is 1.55. The minimum absolute atomic E-state index is 0.00596. The monoisotopic (exact) mass is 517 g/mol. The molecule has 184 valence electrons. The number of anilines is 3. The van der Waals surface area contributed by atoms with Gasteiger partial charge in [0.05, 0.1) is 24.5 Å². The SMILES string of the molecule is COc1nc(C)c(Nc2nc(Cl)cn([C@H](COC(=O)Nc3ccc(Cl)cc3)C3CC3)c2=O)cc1C. The summed E-state index contributed by atoms with van der Waals surface area (Å²) in [6.07, 6.45) is 2.69. The molecule has 4 rings (SSSR count). The van der Waals surface area contributed by atoms with E-state index < -0.39 is 6.09 Å². The Hall–Kier alpha value is -3.30. The Labute approximate surface area is 212 Å². The Morgan fingerprint density at radius 3 is 2.57 bits per heavy atom. The van der Waals surface area contributed by atoms with Crippen molar-refractivity contribution in [2.24, 2.45) is 5.92 Å². The quantitative estimate of drug-likeness (QED) is 0.405. The number of amides is 1. The van der Waals surface area contributed by atoms with Gasteiger partial charge in [-0.2, -0.15) is 0 Å². The standard InChI is InChI=1S/C24H25Cl2N5O4/c1-13-10-18(14(2)27-22(13)34-3)29-21-23(32)31(11-20(26)30-21)19(15-4-5-15)12-35-24(33)28-17-8-6-16(25)7-9-17/h6-11,15,19H,4-5,12H2,1-3H3,(H,28,33)(H,29,30)/t19-/m1/s1. The molecule has 0 saturated heterocycles. The summed E-state index contributed by atoms with van der Waals surface area (Å²) in [5, 5.41) is 6.40. The van der Waals surface area contributed by atoms with Crippen LogP contribution in [0.4, 0.5) is 22.0 Å². The molecular formula is C24H25Cl2N5O4. The highest BCUT2D eigenvalue weighted by Crippen LogP contribution is 2.39. The molecule has 1 aliphatic carbocycles. The number of benzene rings is 1.